The van der Waals surface area contributed by atoms with Gasteiger partial charge in [-0.25, -0.2) is 0 Å². The molecule has 138 valence electrons. The van der Waals surface area contributed by atoms with Crippen LogP contribution in [0.25, 0.3) is 0 Å². The predicted molar refractivity (Wildman–Crippen MR) is 91.2 cm³/mol. The average molecular weight is 348 g/mol. The Labute approximate surface area is 148 Å². The molecule has 1 amide bonds. The number of carbonyl (C=O) groups is 1. The summed E-state index contributed by atoms with van der Waals surface area (Å²) in [7, 11) is 0. The third-order valence-corrected chi connectivity index (χ3v) is 5.80. The van der Waals surface area contributed by atoms with E-state index in [0.717, 1.165) is 76.4 Å². The molecule has 7 nitrogen and oxygen atoms in total. The first-order valence-electron chi connectivity index (χ1n) is 9.69. The second-order valence-corrected chi connectivity index (χ2v) is 7.43. The van der Waals surface area contributed by atoms with Gasteiger partial charge in [-0.1, -0.05) is 0 Å². The number of nitrogens with one attached hydrogen (secondary N) is 1. The molecule has 1 unspecified atom stereocenters. The van der Waals surface area contributed by atoms with E-state index in [4.69, 9.17) is 9.47 Å². The minimum absolute atomic E-state index is 0.119. The van der Waals surface area contributed by atoms with Crippen molar-refractivity contribution in [1.29, 1.82) is 0 Å². The van der Waals surface area contributed by atoms with Gasteiger partial charge in [-0.05, 0) is 38.5 Å². The van der Waals surface area contributed by atoms with Crippen molar-refractivity contribution in [1.82, 2.24) is 20.1 Å². The number of amides is 1. The standard InChI is InChI=1S/C18H28N4O3/c23-18(14-6-11-25-12-7-14)19-15-1-2-16-20-21-17(22(16)8-3-15)13-4-9-24-10-5-13/h13-15H,1-12H2,(H,19,23). The van der Waals surface area contributed by atoms with Crippen molar-refractivity contribution in [3.63, 3.8) is 0 Å². The zero-order chi connectivity index (χ0) is 17.1. The number of ether oxygens (including phenoxy) is 2. The zero-order valence-electron chi connectivity index (χ0n) is 14.8. The molecule has 3 aliphatic heterocycles. The SMILES string of the molecule is O=C(NC1CCc2nnc(C3CCOCC3)n2CC1)C1CCOCC1. The van der Waals surface area contributed by atoms with E-state index in [1.54, 1.807) is 0 Å². The molecule has 3 aliphatic rings. The van der Waals surface area contributed by atoms with E-state index >= 15 is 0 Å². The fraction of sp³-hybridized carbons (Fsp3) is 0.833. The van der Waals surface area contributed by atoms with Crippen LogP contribution in [0, 0.1) is 5.92 Å². The van der Waals surface area contributed by atoms with Crippen molar-refractivity contribution >= 4 is 5.91 Å². The second kappa shape index (κ2) is 7.83. The zero-order valence-corrected chi connectivity index (χ0v) is 14.8. The highest BCUT2D eigenvalue weighted by Gasteiger charge is 2.28. The normalized spacial score (nSPS) is 26.0. The van der Waals surface area contributed by atoms with Gasteiger partial charge in [0.15, 0.2) is 0 Å². The number of aryl methyl sites for hydroxylation is 1. The van der Waals surface area contributed by atoms with Crippen LogP contribution in [-0.2, 0) is 27.2 Å². The van der Waals surface area contributed by atoms with E-state index in [2.05, 4.69) is 20.1 Å². The molecule has 0 bridgehead atoms. The van der Waals surface area contributed by atoms with E-state index < -0.39 is 0 Å². The second-order valence-electron chi connectivity index (χ2n) is 7.43. The van der Waals surface area contributed by atoms with Crippen molar-refractivity contribution in [3.8, 4) is 0 Å². The Morgan fingerprint density at radius 2 is 1.68 bits per heavy atom. The van der Waals surface area contributed by atoms with Crippen molar-refractivity contribution in [2.24, 2.45) is 5.92 Å². The molecular formula is C18H28N4O3. The van der Waals surface area contributed by atoms with Gasteiger partial charge < -0.3 is 19.4 Å². The van der Waals surface area contributed by atoms with Crippen molar-refractivity contribution in [2.45, 2.75) is 63.5 Å². The van der Waals surface area contributed by atoms with Crippen molar-refractivity contribution < 1.29 is 14.3 Å². The molecule has 1 aromatic rings. The fourth-order valence-corrected chi connectivity index (χ4v) is 4.19. The summed E-state index contributed by atoms with van der Waals surface area (Å²) >= 11 is 0. The van der Waals surface area contributed by atoms with Gasteiger partial charge >= 0.3 is 0 Å². The Morgan fingerprint density at radius 3 is 2.44 bits per heavy atom. The summed E-state index contributed by atoms with van der Waals surface area (Å²) in [5, 5.41) is 12.2. The predicted octanol–water partition coefficient (Wildman–Crippen LogP) is 1.42. The number of carbonyl (C=O) groups excluding carboxylic acids is 1. The molecule has 1 N–H and O–H groups in total. The number of rotatable bonds is 3. The minimum Gasteiger partial charge on any atom is -0.381 e. The highest BCUT2D eigenvalue weighted by Crippen LogP contribution is 2.28. The highest BCUT2D eigenvalue weighted by atomic mass is 16.5. The molecule has 2 saturated heterocycles. The Bertz CT molecular complexity index is 591. The summed E-state index contributed by atoms with van der Waals surface area (Å²) in [5.41, 5.74) is 0. The van der Waals surface area contributed by atoms with Crippen LogP contribution in [0.5, 0.6) is 0 Å². The van der Waals surface area contributed by atoms with E-state index in [-0.39, 0.29) is 17.9 Å². The van der Waals surface area contributed by atoms with E-state index in [9.17, 15) is 4.79 Å². The van der Waals surface area contributed by atoms with Gasteiger partial charge in [0.1, 0.15) is 11.6 Å². The first-order chi connectivity index (χ1) is 12.3. The summed E-state index contributed by atoms with van der Waals surface area (Å²) in [4.78, 5) is 12.5. The number of hydrogen-bond acceptors (Lipinski definition) is 5. The lowest BCUT2D eigenvalue weighted by Gasteiger charge is -2.24. The molecule has 25 heavy (non-hydrogen) atoms. The van der Waals surface area contributed by atoms with E-state index in [0.29, 0.717) is 19.1 Å². The Kier molecular flexibility index (Phi) is 5.31. The van der Waals surface area contributed by atoms with Gasteiger partial charge in [-0.2, -0.15) is 0 Å². The molecule has 0 aliphatic carbocycles. The Morgan fingerprint density at radius 1 is 0.960 bits per heavy atom. The summed E-state index contributed by atoms with van der Waals surface area (Å²) in [5.74, 6) is 2.98. The number of nitrogens with zero attached hydrogens (tertiary/aromatic N) is 3. The van der Waals surface area contributed by atoms with Gasteiger partial charge in [0.05, 0.1) is 0 Å². The quantitative estimate of drug-likeness (QED) is 0.894. The van der Waals surface area contributed by atoms with Crippen LogP contribution in [0.3, 0.4) is 0 Å². The lowest BCUT2D eigenvalue weighted by atomic mass is 9.98. The molecule has 0 spiro atoms. The maximum absolute atomic E-state index is 12.5. The van der Waals surface area contributed by atoms with Gasteiger partial charge in [-0.15, -0.1) is 10.2 Å². The highest BCUT2D eigenvalue weighted by molar-refractivity contribution is 5.79. The minimum atomic E-state index is 0.119. The molecule has 0 radical (unpaired) electrons. The first-order valence-corrected chi connectivity index (χ1v) is 9.69. The lowest BCUT2D eigenvalue weighted by Crippen LogP contribution is -2.41. The van der Waals surface area contributed by atoms with Gasteiger partial charge in [0, 0.05) is 57.3 Å². The Hall–Kier alpha value is -1.47. The molecule has 4 rings (SSSR count). The van der Waals surface area contributed by atoms with Gasteiger partial charge in [-0.3, -0.25) is 4.79 Å². The smallest absolute Gasteiger partial charge is 0.223 e. The van der Waals surface area contributed by atoms with Crippen LogP contribution in [0.4, 0.5) is 0 Å². The number of hydrogen-bond donors (Lipinski definition) is 1. The topological polar surface area (TPSA) is 78.3 Å². The molecule has 7 heteroatoms. The molecule has 1 atom stereocenters. The van der Waals surface area contributed by atoms with E-state index in [1.165, 1.54) is 0 Å². The van der Waals surface area contributed by atoms with E-state index in [1.807, 2.05) is 0 Å². The molecule has 0 aromatic carbocycles. The largest absolute Gasteiger partial charge is 0.381 e. The van der Waals surface area contributed by atoms with Gasteiger partial charge in [0.25, 0.3) is 0 Å². The van der Waals surface area contributed by atoms with Crippen molar-refractivity contribution in [2.75, 3.05) is 26.4 Å². The summed E-state index contributed by atoms with van der Waals surface area (Å²) in [6.45, 7) is 3.94. The maximum Gasteiger partial charge on any atom is 0.223 e. The summed E-state index contributed by atoms with van der Waals surface area (Å²) in [6.07, 6.45) is 6.53. The maximum atomic E-state index is 12.5. The van der Waals surface area contributed by atoms with Crippen LogP contribution in [0.1, 0.15) is 56.1 Å². The van der Waals surface area contributed by atoms with Crippen LogP contribution in [0.15, 0.2) is 0 Å². The number of aromatic nitrogens is 3. The lowest BCUT2D eigenvalue weighted by molar-refractivity contribution is -0.128. The van der Waals surface area contributed by atoms with Crippen LogP contribution in [0.2, 0.25) is 0 Å². The third-order valence-electron chi connectivity index (χ3n) is 5.80. The average Bonchev–Trinajstić information content (AvgIpc) is 2.98. The molecule has 0 saturated carbocycles. The molecule has 4 heterocycles. The van der Waals surface area contributed by atoms with Crippen LogP contribution >= 0.6 is 0 Å². The van der Waals surface area contributed by atoms with Crippen molar-refractivity contribution in [3.05, 3.63) is 11.6 Å². The monoisotopic (exact) mass is 348 g/mol. The van der Waals surface area contributed by atoms with Gasteiger partial charge in [0.2, 0.25) is 5.91 Å². The molecular weight excluding hydrogens is 320 g/mol. The van der Waals surface area contributed by atoms with Crippen LogP contribution in [-0.4, -0.2) is 53.1 Å². The first kappa shape index (κ1) is 17.0. The number of fused-ring (bicyclic) bond motifs is 1. The molecule has 1 aromatic heterocycles. The third kappa shape index (κ3) is 3.87. The summed E-state index contributed by atoms with van der Waals surface area (Å²) < 4.78 is 13.1. The summed E-state index contributed by atoms with van der Waals surface area (Å²) in [6, 6.07) is 0.236. The molecule has 2 fully saturated rings. The van der Waals surface area contributed by atoms with Crippen LogP contribution < -0.4 is 5.32 Å². The fourth-order valence-electron chi connectivity index (χ4n) is 4.19. The Balaban J connectivity index is 1.37.